The summed E-state index contributed by atoms with van der Waals surface area (Å²) in [7, 11) is 3.06. The number of aromatic nitrogens is 2. The molecule has 11 heteroatoms. The molecule has 1 aliphatic heterocycles. The number of amides is 1. The predicted molar refractivity (Wildman–Crippen MR) is 146 cm³/mol. The highest BCUT2D eigenvalue weighted by atomic mass is 19.1. The number of methoxy groups -OCH3 is 2. The number of carbonyl (C=O) groups excluding carboxylic acids is 1. The van der Waals surface area contributed by atoms with E-state index in [-0.39, 0.29) is 38.0 Å². The zero-order valence-corrected chi connectivity index (χ0v) is 23.2. The Bertz CT molecular complexity index is 1250. The Hall–Kier alpha value is -3.67. The molecule has 1 aromatic heterocycles. The molecule has 2 aromatic carbocycles. The van der Waals surface area contributed by atoms with Crippen LogP contribution in [0, 0.1) is 12.7 Å². The first-order valence-corrected chi connectivity index (χ1v) is 13.2. The van der Waals surface area contributed by atoms with Crippen LogP contribution in [0.4, 0.5) is 4.39 Å². The van der Waals surface area contributed by atoms with Crippen molar-refractivity contribution in [3.8, 4) is 17.2 Å². The number of hydrogen-bond donors (Lipinski definition) is 1. The van der Waals surface area contributed by atoms with Gasteiger partial charge in [0.1, 0.15) is 42.8 Å². The van der Waals surface area contributed by atoms with E-state index in [1.165, 1.54) is 31.4 Å². The summed E-state index contributed by atoms with van der Waals surface area (Å²) in [6.07, 6.45) is 3.67. The normalized spacial score (nSPS) is 17.9. The molecule has 0 aliphatic carbocycles. The number of nitrogens with zero attached hydrogens (tertiary/aromatic N) is 4. The number of hydrogen-bond acceptors (Lipinski definition) is 8. The molecule has 1 N–H and O–H groups in total. The summed E-state index contributed by atoms with van der Waals surface area (Å²) in [5.41, 5.74) is -0.402. The minimum absolute atomic E-state index is 0.0710. The third-order valence-corrected chi connectivity index (χ3v) is 6.78. The molecule has 0 spiro atoms. The van der Waals surface area contributed by atoms with Crippen molar-refractivity contribution >= 4 is 5.91 Å². The van der Waals surface area contributed by atoms with Crippen LogP contribution >= 0.6 is 0 Å². The summed E-state index contributed by atoms with van der Waals surface area (Å²) < 4.78 is 37.7. The molecule has 4 rings (SSSR count). The van der Waals surface area contributed by atoms with Crippen LogP contribution in [0.25, 0.3) is 0 Å². The summed E-state index contributed by atoms with van der Waals surface area (Å²) >= 11 is 0. The molecule has 216 valence electrons. The number of ether oxygens (including phenoxy) is 4. The smallest absolute Gasteiger partial charge is 0.248 e. The highest BCUT2D eigenvalue weighted by Gasteiger charge is 2.37. The maximum Gasteiger partial charge on any atom is 0.248 e. The van der Waals surface area contributed by atoms with Crippen LogP contribution in [0.1, 0.15) is 11.4 Å². The number of halogens is 1. The van der Waals surface area contributed by atoms with Crippen molar-refractivity contribution < 1.29 is 33.2 Å². The molecule has 1 aliphatic rings. The summed E-state index contributed by atoms with van der Waals surface area (Å²) in [6.45, 7) is 4.75. The van der Waals surface area contributed by atoms with Gasteiger partial charge in [-0.15, -0.1) is 0 Å². The molecule has 3 aromatic rings. The number of aliphatic hydroxyl groups is 1. The van der Waals surface area contributed by atoms with Crippen molar-refractivity contribution in [1.29, 1.82) is 0 Å². The summed E-state index contributed by atoms with van der Waals surface area (Å²) in [5.74, 6) is 2.03. The van der Waals surface area contributed by atoms with E-state index in [4.69, 9.17) is 18.9 Å². The van der Waals surface area contributed by atoms with Gasteiger partial charge in [-0.1, -0.05) is 6.07 Å². The largest absolute Gasteiger partial charge is 0.493 e. The Labute approximate surface area is 233 Å². The van der Waals surface area contributed by atoms with Gasteiger partial charge in [0, 0.05) is 45.7 Å². The Morgan fingerprint density at radius 2 is 1.88 bits per heavy atom. The van der Waals surface area contributed by atoms with Gasteiger partial charge >= 0.3 is 0 Å². The minimum Gasteiger partial charge on any atom is -0.493 e. The van der Waals surface area contributed by atoms with Crippen LogP contribution in [0.15, 0.2) is 54.9 Å². The van der Waals surface area contributed by atoms with Gasteiger partial charge in [-0.25, -0.2) is 9.37 Å². The van der Waals surface area contributed by atoms with Crippen molar-refractivity contribution in [1.82, 2.24) is 19.4 Å². The molecule has 0 radical (unpaired) electrons. The van der Waals surface area contributed by atoms with E-state index < -0.39 is 5.60 Å². The molecule has 1 saturated heterocycles. The minimum atomic E-state index is -1.37. The molecular weight excluding hydrogens is 519 g/mol. The van der Waals surface area contributed by atoms with E-state index in [9.17, 15) is 14.3 Å². The van der Waals surface area contributed by atoms with Crippen LogP contribution in [0.3, 0.4) is 0 Å². The van der Waals surface area contributed by atoms with Gasteiger partial charge < -0.3 is 33.5 Å². The number of β-amino-alcohol motifs (C(OH)–C–C–N with tert-alkyl or cyclic N) is 1. The van der Waals surface area contributed by atoms with E-state index in [0.717, 1.165) is 11.4 Å². The Morgan fingerprint density at radius 3 is 2.58 bits per heavy atom. The number of imidazole rings is 1. The second kappa shape index (κ2) is 13.6. The van der Waals surface area contributed by atoms with Crippen molar-refractivity contribution in [2.45, 2.75) is 25.6 Å². The first-order valence-electron chi connectivity index (χ1n) is 13.2. The summed E-state index contributed by atoms with van der Waals surface area (Å²) in [6, 6.07) is 11.4. The van der Waals surface area contributed by atoms with Crippen LogP contribution in [-0.4, -0.2) is 96.2 Å². The third-order valence-electron chi connectivity index (χ3n) is 6.78. The zero-order chi connectivity index (χ0) is 28.5. The number of carbonyl (C=O) groups is 1. The van der Waals surface area contributed by atoms with E-state index in [1.807, 2.05) is 35.9 Å². The molecule has 0 saturated carbocycles. The van der Waals surface area contributed by atoms with Gasteiger partial charge in [0.25, 0.3) is 0 Å². The van der Waals surface area contributed by atoms with Crippen LogP contribution < -0.4 is 14.2 Å². The lowest BCUT2D eigenvalue weighted by atomic mass is 10.0. The van der Waals surface area contributed by atoms with Crippen LogP contribution in [-0.2, 0) is 22.6 Å². The molecule has 10 nitrogen and oxygen atoms in total. The SMILES string of the molecule is COCC(=O)N1CCN(Cc2ccc(OCCn3ccnc3C)c(OC)c2)CC(O)(COc2ccc(F)cc2)C1. The highest BCUT2D eigenvalue weighted by molar-refractivity contribution is 5.77. The lowest BCUT2D eigenvalue weighted by molar-refractivity contribution is -0.138. The summed E-state index contributed by atoms with van der Waals surface area (Å²) in [5, 5.41) is 11.6. The van der Waals surface area contributed by atoms with Gasteiger partial charge in [0.15, 0.2) is 11.5 Å². The predicted octanol–water partition coefficient (Wildman–Crippen LogP) is 2.52. The number of rotatable bonds is 12. The van der Waals surface area contributed by atoms with Crippen molar-refractivity contribution in [3.63, 3.8) is 0 Å². The van der Waals surface area contributed by atoms with Crippen molar-refractivity contribution in [3.05, 3.63) is 72.1 Å². The fourth-order valence-corrected chi connectivity index (χ4v) is 4.73. The number of aryl methyl sites for hydroxylation is 1. The zero-order valence-electron chi connectivity index (χ0n) is 23.2. The fraction of sp³-hybridized carbons (Fsp3) is 0.448. The highest BCUT2D eigenvalue weighted by Crippen LogP contribution is 2.29. The van der Waals surface area contributed by atoms with E-state index in [1.54, 1.807) is 18.2 Å². The molecular formula is C29H37FN4O6. The van der Waals surface area contributed by atoms with Crippen LogP contribution in [0.2, 0.25) is 0 Å². The Balaban J connectivity index is 1.44. The molecule has 1 atom stereocenters. The van der Waals surface area contributed by atoms with E-state index in [2.05, 4.69) is 9.88 Å². The second-order valence-corrected chi connectivity index (χ2v) is 9.93. The monoisotopic (exact) mass is 556 g/mol. The maximum atomic E-state index is 13.3. The first-order chi connectivity index (χ1) is 19.3. The van der Waals surface area contributed by atoms with Gasteiger partial charge in [-0.2, -0.15) is 0 Å². The van der Waals surface area contributed by atoms with Crippen LogP contribution in [0.5, 0.6) is 17.2 Å². The standard InChI is InChI=1S/C29H37FN4O6/c1-22-31-10-11-33(22)14-15-39-26-9-4-23(16-27(26)38-3)17-32-12-13-34(28(35)18-37-2)20-29(36,19-32)21-40-25-7-5-24(30)6-8-25/h4-11,16,36H,12-15,17-21H2,1-3H3. The first kappa shape index (κ1) is 29.3. The topological polar surface area (TPSA) is 98.5 Å². The van der Waals surface area contributed by atoms with Crippen molar-refractivity contribution in [2.24, 2.45) is 0 Å². The lowest BCUT2D eigenvalue weighted by Gasteiger charge is -2.33. The Kier molecular flexibility index (Phi) is 9.97. The molecule has 2 heterocycles. The third kappa shape index (κ3) is 7.93. The maximum absolute atomic E-state index is 13.3. The quantitative estimate of drug-likeness (QED) is 0.364. The number of benzene rings is 2. The Morgan fingerprint density at radius 1 is 1.07 bits per heavy atom. The fourth-order valence-electron chi connectivity index (χ4n) is 4.73. The van der Waals surface area contributed by atoms with Gasteiger partial charge in [0.2, 0.25) is 5.91 Å². The molecule has 40 heavy (non-hydrogen) atoms. The van der Waals surface area contributed by atoms with Gasteiger partial charge in [-0.05, 0) is 48.9 Å². The molecule has 1 fully saturated rings. The van der Waals surface area contributed by atoms with Gasteiger partial charge in [-0.3, -0.25) is 9.69 Å². The van der Waals surface area contributed by atoms with E-state index in [0.29, 0.717) is 50.0 Å². The average molecular weight is 557 g/mol. The van der Waals surface area contributed by atoms with E-state index >= 15 is 0 Å². The summed E-state index contributed by atoms with van der Waals surface area (Å²) in [4.78, 5) is 20.6. The molecule has 1 amide bonds. The van der Waals surface area contributed by atoms with Crippen molar-refractivity contribution in [2.75, 3.05) is 60.2 Å². The molecule has 1 unspecified atom stereocenters. The average Bonchev–Trinajstić information content (AvgIpc) is 3.27. The molecule has 0 bridgehead atoms. The second-order valence-electron chi connectivity index (χ2n) is 9.93. The lowest BCUT2D eigenvalue weighted by Crippen LogP contribution is -2.52. The van der Waals surface area contributed by atoms with Gasteiger partial charge in [0.05, 0.1) is 20.2 Å².